The fraction of sp³-hybridized carbons (Fsp3) is 1.00. The maximum absolute atomic E-state index is 10.8. The van der Waals surface area contributed by atoms with Gasteiger partial charge in [0.25, 0.3) is 0 Å². The molecule has 0 aliphatic rings. The van der Waals surface area contributed by atoms with E-state index < -0.39 is 7.82 Å². The zero-order valence-corrected chi connectivity index (χ0v) is 18.2. The maximum Gasteiger partial charge on any atom is 0.496 e. The van der Waals surface area contributed by atoms with Gasteiger partial charge in [0.15, 0.2) is 0 Å². The topological polar surface area (TPSA) is 76.0 Å². The van der Waals surface area contributed by atoms with E-state index in [0.717, 1.165) is 25.7 Å². The van der Waals surface area contributed by atoms with Crippen LogP contribution in [0.15, 0.2) is 0 Å². The van der Waals surface area contributed by atoms with Gasteiger partial charge in [-0.3, -0.25) is 0 Å². The molecule has 0 saturated heterocycles. The molecule has 0 spiro atoms. The lowest BCUT2D eigenvalue weighted by Gasteiger charge is -2.18. The summed E-state index contributed by atoms with van der Waals surface area (Å²) in [6.07, 6.45) is 18.3. The lowest BCUT2D eigenvalue weighted by Crippen LogP contribution is -2.15. The van der Waals surface area contributed by atoms with Crippen molar-refractivity contribution in [3.8, 4) is 0 Å². The number of hydrogen-bond acceptors (Lipinski definition) is 3. The van der Waals surface area contributed by atoms with Crippen molar-refractivity contribution in [2.45, 2.75) is 123 Å². The SMILES string of the molecule is CCCCCCCCCCCCCCCC(CC(C)C)OOP(=O)(O)O. The molecule has 0 bridgehead atoms. The van der Waals surface area contributed by atoms with Crippen LogP contribution in [0.3, 0.4) is 0 Å². The van der Waals surface area contributed by atoms with E-state index >= 15 is 0 Å². The molecule has 0 aromatic heterocycles. The van der Waals surface area contributed by atoms with Gasteiger partial charge in [-0.2, -0.15) is 0 Å². The Labute approximate surface area is 161 Å². The van der Waals surface area contributed by atoms with Gasteiger partial charge < -0.3 is 9.79 Å². The molecule has 0 radical (unpaired) electrons. The molecule has 26 heavy (non-hydrogen) atoms. The normalized spacial score (nSPS) is 13.5. The van der Waals surface area contributed by atoms with E-state index in [1.54, 1.807) is 0 Å². The van der Waals surface area contributed by atoms with E-state index in [-0.39, 0.29) is 6.10 Å². The van der Waals surface area contributed by atoms with Crippen molar-refractivity contribution < 1.29 is 23.9 Å². The van der Waals surface area contributed by atoms with Crippen LogP contribution in [0.5, 0.6) is 0 Å². The molecule has 0 rings (SSSR count). The number of rotatable bonds is 19. The summed E-state index contributed by atoms with van der Waals surface area (Å²) in [6, 6.07) is 0. The minimum absolute atomic E-state index is 0.240. The van der Waals surface area contributed by atoms with Crippen molar-refractivity contribution in [3.63, 3.8) is 0 Å². The van der Waals surface area contributed by atoms with Crippen LogP contribution in [0.1, 0.15) is 117 Å². The summed E-state index contributed by atoms with van der Waals surface area (Å²) in [6.45, 7) is 6.39. The second-order valence-corrected chi connectivity index (χ2v) is 9.07. The summed E-state index contributed by atoms with van der Waals surface area (Å²) in [5.41, 5.74) is 0. The van der Waals surface area contributed by atoms with Gasteiger partial charge in [-0.1, -0.05) is 104 Å². The molecule has 0 fully saturated rings. The molecule has 6 heteroatoms. The molecule has 0 aliphatic heterocycles. The Hall–Kier alpha value is 0.0700. The van der Waals surface area contributed by atoms with Crippen LogP contribution in [0.4, 0.5) is 0 Å². The molecule has 1 unspecified atom stereocenters. The quantitative estimate of drug-likeness (QED) is 0.108. The molecule has 5 nitrogen and oxygen atoms in total. The maximum atomic E-state index is 10.8. The van der Waals surface area contributed by atoms with Crippen molar-refractivity contribution >= 4 is 7.82 Å². The lowest BCUT2D eigenvalue weighted by molar-refractivity contribution is -0.262. The highest BCUT2D eigenvalue weighted by Gasteiger charge is 2.20. The second kappa shape index (κ2) is 17.2. The van der Waals surface area contributed by atoms with Crippen LogP contribution in [0.2, 0.25) is 0 Å². The van der Waals surface area contributed by atoms with Crippen LogP contribution in [-0.4, -0.2) is 15.9 Å². The fourth-order valence-corrected chi connectivity index (χ4v) is 3.47. The van der Waals surface area contributed by atoms with Crippen LogP contribution < -0.4 is 0 Å². The highest BCUT2D eigenvalue weighted by atomic mass is 31.2. The average Bonchev–Trinajstić information content (AvgIpc) is 2.55. The van der Waals surface area contributed by atoms with Crippen LogP contribution in [0, 0.1) is 5.92 Å². The van der Waals surface area contributed by atoms with Crippen LogP contribution in [-0.2, 0) is 14.1 Å². The Balaban J connectivity index is 3.53. The first kappa shape index (κ1) is 26.1. The molecule has 1 atom stereocenters. The third-order valence-electron chi connectivity index (χ3n) is 4.64. The minimum Gasteiger partial charge on any atom is -0.301 e. The summed E-state index contributed by atoms with van der Waals surface area (Å²) in [5.74, 6) is 0.405. The molecule has 158 valence electrons. The number of hydrogen-bond donors (Lipinski definition) is 2. The fourth-order valence-electron chi connectivity index (χ4n) is 3.24. The molecule has 0 heterocycles. The predicted octanol–water partition coefficient (Wildman–Crippen LogP) is 6.92. The Morgan fingerprint density at radius 1 is 0.769 bits per heavy atom. The van der Waals surface area contributed by atoms with E-state index in [1.165, 1.54) is 70.6 Å². The molecule has 2 N–H and O–H groups in total. The van der Waals surface area contributed by atoms with Gasteiger partial charge in [0.05, 0.1) is 6.10 Å². The molecule has 0 amide bonds. The first-order valence-corrected chi connectivity index (χ1v) is 12.3. The van der Waals surface area contributed by atoms with E-state index in [2.05, 4.69) is 25.4 Å². The first-order valence-electron chi connectivity index (χ1n) is 10.8. The van der Waals surface area contributed by atoms with Crippen LogP contribution in [0.25, 0.3) is 0 Å². The first-order chi connectivity index (χ1) is 12.3. The zero-order valence-electron chi connectivity index (χ0n) is 17.3. The smallest absolute Gasteiger partial charge is 0.301 e. The summed E-state index contributed by atoms with van der Waals surface area (Å²) < 4.78 is 15.0. The minimum atomic E-state index is -4.56. The van der Waals surface area contributed by atoms with E-state index in [4.69, 9.17) is 14.7 Å². The lowest BCUT2D eigenvalue weighted by atomic mass is 10.00. The molecule has 0 aliphatic carbocycles. The van der Waals surface area contributed by atoms with Gasteiger partial charge in [-0.25, -0.2) is 9.45 Å². The van der Waals surface area contributed by atoms with Gasteiger partial charge in [0.1, 0.15) is 0 Å². The Morgan fingerprint density at radius 3 is 1.58 bits per heavy atom. The largest absolute Gasteiger partial charge is 0.496 e. The molecular formula is C20H43O5P. The highest BCUT2D eigenvalue weighted by molar-refractivity contribution is 7.46. The van der Waals surface area contributed by atoms with E-state index in [1.807, 2.05) is 0 Å². The molecular weight excluding hydrogens is 351 g/mol. The standard InChI is InChI=1S/C20H43O5P/c1-4-5-6-7-8-9-10-11-12-13-14-15-16-17-20(18-19(2)3)24-25-26(21,22)23/h19-20H,4-18H2,1-3H3,(H2,21,22,23). The van der Waals surface area contributed by atoms with E-state index in [9.17, 15) is 4.57 Å². The van der Waals surface area contributed by atoms with Gasteiger partial charge in [0.2, 0.25) is 0 Å². The molecule has 0 aromatic rings. The summed E-state index contributed by atoms with van der Waals surface area (Å²) in [4.78, 5) is 22.5. The Bertz CT molecular complexity index is 343. The van der Waals surface area contributed by atoms with Crippen molar-refractivity contribution in [3.05, 3.63) is 0 Å². The number of unbranched alkanes of at least 4 members (excludes halogenated alkanes) is 12. The van der Waals surface area contributed by atoms with Crippen molar-refractivity contribution in [2.24, 2.45) is 5.92 Å². The van der Waals surface area contributed by atoms with Crippen molar-refractivity contribution in [1.82, 2.24) is 0 Å². The van der Waals surface area contributed by atoms with Crippen molar-refractivity contribution in [2.75, 3.05) is 0 Å². The monoisotopic (exact) mass is 394 g/mol. The van der Waals surface area contributed by atoms with E-state index in [0.29, 0.717) is 5.92 Å². The van der Waals surface area contributed by atoms with Crippen LogP contribution >= 0.6 is 7.82 Å². The average molecular weight is 395 g/mol. The number of phosphoric acid groups is 1. The van der Waals surface area contributed by atoms with Gasteiger partial charge in [0, 0.05) is 0 Å². The summed E-state index contributed by atoms with van der Waals surface area (Å²) in [7, 11) is -4.56. The van der Waals surface area contributed by atoms with Crippen molar-refractivity contribution in [1.29, 1.82) is 0 Å². The molecule has 0 aromatic carbocycles. The van der Waals surface area contributed by atoms with Gasteiger partial charge in [-0.05, 0) is 18.8 Å². The van der Waals surface area contributed by atoms with Gasteiger partial charge >= 0.3 is 7.82 Å². The Kier molecular flexibility index (Phi) is 17.2. The summed E-state index contributed by atoms with van der Waals surface area (Å²) >= 11 is 0. The zero-order chi connectivity index (χ0) is 19.7. The molecule has 0 saturated carbocycles. The summed E-state index contributed by atoms with van der Waals surface area (Å²) in [5, 5.41) is 0. The third-order valence-corrected chi connectivity index (χ3v) is 4.92. The Morgan fingerprint density at radius 2 is 1.19 bits per heavy atom. The highest BCUT2D eigenvalue weighted by Crippen LogP contribution is 2.37. The van der Waals surface area contributed by atoms with Gasteiger partial charge in [-0.15, -0.1) is 4.67 Å². The second-order valence-electron chi connectivity index (χ2n) is 7.94. The third kappa shape index (κ3) is 20.4. The predicted molar refractivity (Wildman–Crippen MR) is 108 cm³/mol.